The van der Waals surface area contributed by atoms with E-state index < -0.39 is 8.25 Å². The lowest BCUT2D eigenvalue weighted by molar-refractivity contribution is 0.242. The maximum Gasteiger partial charge on any atom is 0.695 e. The van der Waals surface area contributed by atoms with E-state index in [1.54, 1.807) is 0 Å². The second kappa shape index (κ2) is 5.14. The van der Waals surface area contributed by atoms with Crippen LogP contribution >= 0.6 is 8.25 Å². The number of hydrogen-bond acceptors (Lipinski definition) is 5. The summed E-state index contributed by atoms with van der Waals surface area (Å²) >= 11 is 0. The highest BCUT2D eigenvalue weighted by Gasteiger charge is 2.16. The van der Waals surface area contributed by atoms with Crippen LogP contribution in [0.1, 0.15) is 11.5 Å². The Morgan fingerprint density at radius 3 is 2.71 bits per heavy atom. The van der Waals surface area contributed by atoms with Crippen LogP contribution in [0.2, 0.25) is 0 Å². The van der Waals surface area contributed by atoms with Crippen LogP contribution in [0.5, 0.6) is 0 Å². The molecule has 0 aliphatic heterocycles. The monoisotopic (exact) mass is 253 g/mol. The van der Waals surface area contributed by atoms with E-state index in [4.69, 9.17) is 9.31 Å². The topological polar surface area (TPSA) is 85.5 Å². The van der Waals surface area contributed by atoms with Crippen LogP contribution in [0.4, 0.5) is 0 Å². The van der Waals surface area contributed by atoms with Crippen molar-refractivity contribution in [3.63, 3.8) is 0 Å². The first kappa shape index (κ1) is 11.9. The molecule has 2 rings (SSSR count). The van der Waals surface area contributed by atoms with E-state index in [0.717, 1.165) is 11.1 Å². The summed E-state index contributed by atoms with van der Waals surface area (Å²) in [6.07, 6.45) is 0. The van der Waals surface area contributed by atoms with E-state index in [1.807, 2.05) is 31.2 Å². The highest BCUT2D eigenvalue weighted by atomic mass is 31.1. The number of aromatic nitrogens is 2. The second-order valence-electron chi connectivity index (χ2n) is 3.38. The minimum atomic E-state index is -2.65. The molecule has 0 amide bonds. The van der Waals surface area contributed by atoms with Crippen molar-refractivity contribution in [1.82, 2.24) is 10.2 Å². The summed E-state index contributed by atoms with van der Waals surface area (Å²) in [7, 11) is -2.65. The predicted molar refractivity (Wildman–Crippen MR) is 59.1 cm³/mol. The molecule has 0 saturated heterocycles. The summed E-state index contributed by atoms with van der Waals surface area (Å²) in [4.78, 5) is 8.47. The van der Waals surface area contributed by atoms with Crippen LogP contribution in [-0.4, -0.2) is 15.1 Å². The lowest BCUT2D eigenvalue weighted by Crippen LogP contribution is -1.84. The van der Waals surface area contributed by atoms with Crippen LogP contribution in [0.25, 0.3) is 11.5 Å². The number of aryl methyl sites for hydroxylation is 1. The molecule has 0 saturated carbocycles. The van der Waals surface area contributed by atoms with Crippen LogP contribution in [0.3, 0.4) is 0 Å². The number of hydrogen-bond donors (Lipinski definition) is 1. The Balaban J connectivity index is 2.12. The Morgan fingerprint density at radius 1 is 1.35 bits per heavy atom. The average Bonchev–Trinajstić information content (AvgIpc) is 2.76. The molecule has 0 radical (unpaired) electrons. The number of benzene rings is 1. The molecule has 0 aliphatic rings. The van der Waals surface area contributed by atoms with E-state index >= 15 is 0 Å². The van der Waals surface area contributed by atoms with Crippen LogP contribution in [0, 0.1) is 6.92 Å². The molecule has 1 aromatic carbocycles. The highest BCUT2D eigenvalue weighted by molar-refractivity contribution is 7.32. The molecular formula is C10H10N2O4P+. The Bertz CT molecular complexity index is 523. The third kappa shape index (κ3) is 3.17. The molecule has 1 unspecified atom stereocenters. The normalized spacial score (nSPS) is 11.5. The van der Waals surface area contributed by atoms with Gasteiger partial charge in [0.2, 0.25) is 11.8 Å². The van der Waals surface area contributed by atoms with Crippen molar-refractivity contribution in [3.8, 4) is 11.5 Å². The van der Waals surface area contributed by atoms with Crippen molar-refractivity contribution < 1.29 is 18.4 Å². The number of nitrogens with zero attached hydrogens (tertiary/aromatic N) is 2. The third-order valence-corrected chi connectivity index (χ3v) is 2.41. The summed E-state index contributed by atoms with van der Waals surface area (Å²) in [6.45, 7) is 1.80. The smallest absolute Gasteiger partial charge is 0.418 e. The molecule has 17 heavy (non-hydrogen) atoms. The molecule has 0 aliphatic carbocycles. The van der Waals surface area contributed by atoms with Gasteiger partial charge in [-0.1, -0.05) is 17.7 Å². The van der Waals surface area contributed by atoms with Crippen LogP contribution < -0.4 is 0 Å². The lowest BCUT2D eigenvalue weighted by atomic mass is 10.1. The van der Waals surface area contributed by atoms with E-state index in [9.17, 15) is 4.57 Å². The fourth-order valence-corrected chi connectivity index (χ4v) is 1.46. The molecule has 2 aromatic rings. The zero-order valence-corrected chi connectivity index (χ0v) is 9.92. The van der Waals surface area contributed by atoms with Crippen molar-refractivity contribution in [3.05, 3.63) is 35.7 Å². The first-order valence-electron chi connectivity index (χ1n) is 4.83. The van der Waals surface area contributed by atoms with Gasteiger partial charge in [0.1, 0.15) is 0 Å². The molecule has 0 spiro atoms. The molecule has 88 valence electrons. The predicted octanol–water partition coefficient (Wildman–Crippen LogP) is 2.21. The van der Waals surface area contributed by atoms with Gasteiger partial charge in [-0.2, -0.15) is 0 Å². The highest BCUT2D eigenvalue weighted by Crippen LogP contribution is 2.21. The maximum atomic E-state index is 10.3. The molecule has 1 N–H and O–H groups in total. The molecule has 7 heteroatoms. The maximum absolute atomic E-state index is 10.3. The number of rotatable bonds is 4. The second-order valence-corrected chi connectivity index (χ2v) is 4.11. The van der Waals surface area contributed by atoms with Gasteiger partial charge in [-0.25, -0.2) is 0 Å². The molecule has 1 heterocycles. The quantitative estimate of drug-likeness (QED) is 0.841. The molecule has 1 aromatic heterocycles. The van der Waals surface area contributed by atoms with Gasteiger partial charge < -0.3 is 4.42 Å². The van der Waals surface area contributed by atoms with E-state index in [2.05, 4.69) is 14.7 Å². The van der Waals surface area contributed by atoms with Crippen LogP contribution in [0.15, 0.2) is 28.7 Å². The van der Waals surface area contributed by atoms with Crippen molar-refractivity contribution in [2.24, 2.45) is 0 Å². The summed E-state index contributed by atoms with van der Waals surface area (Å²) in [6, 6.07) is 7.58. The van der Waals surface area contributed by atoms with E-state index in [1.165, 1.54) is 0 Å². The average molecular weight is 253 g/mol. The van der Waals surface area contributed by atoms with Gasteiger partial charge in [0.05, 0.1) is 0 Å². The minimum Gasteiger partial charge on any atom is -0.418 e. The Hall–Kier alpha value is -1.62. The van der Waals surface area contributed by atoms with Gasteiger partial charge in [0.15, 0.2) is 6.61 Å². The van der Waals surface area contributed by atoms with Gasteiger partial charge in [-0.3, -0.25) is 0 Å². The van der Waals surface area contributed by atoms with Gasteiger partial charge >= 0.3 is 8.25 Å². The summed E-state index contributed by atoms with van der Waals surface area (Å²) in [5, 5.41) is 7.53. The zero-order valence-electron chi connectivity index (χ0n) is 9.03. The van der Waals surface area contributed by atoms with Crippen molar-refractivity contribution >= 4 is 8.25 Å². The van der Waals surface area contributed by atoms with Crippen molar-refractivity contribution in [2.75, 3.05) is 0 Å². The van der Waals surface area contributed by atoms with Gasteiger partial charge in [-0.05, 0) is 19.1 Å². The van der Waals surface area contributed by atoms with Gasteiger partial charge in [0.25, 0.3) is 0 Å². The van der Waals surface area contributed by atoms with Crippen molar-refractivity contribution in [2.45, 2.75) is 13.5 Å². The molecular weight excluding hydrogens is 243 g/mol. The molecule has 0 fully saturated rings. The van der Waals surface area contributed by atoms with E-state index in [-0.39, 0.29) is 12.5 Å². The zero-order chi connectivity index (χ0) is 12.3. The largest absolute Gasteiger partial charge is 0.695 e. The fourth-order valence-electron chi connectivity index (χ4n) is 1.24. The third-order valence-electron chi connectivity index (χ3n) is 2.06. The SMILES string of the molecule is Cc1ccc(-c2nnc(CO[P+](=O)O)o2)cc1. The summed E-state index contributed by atoms with van der Waals surface area (Å²) < 4.78 is 20.1. The first-order valence-corrected chi connectivity index (χ1v) is 5.96. The lowest BCUT2D eigenvalue weighted by Gasteiger charge is -1.94. The minimum absolute atomic E-state index is 0.165. The van der Waals surface area contributed by atoms with E-state index in [0.29, 0.717) is 5.89 Å². The Labute approximate surface area is 98.2 Å². The molecule has 1 atom stereocenters. The van der Waals surface area contributed by atoms with Gasteiger partial charge in [0, 0.05) is 10.1 Å². The molecule has 6 nitrogen and oxygen atoms in total. The summed E-state index contributed by atoms with van der Waals surface area (Å²) in [5.41, 5.74) is 1.93. The Morgan fingerprint density at radius 2 is 2.06 bits per heavy atom. The van der Waals surface area contributed by atoms with Crippen molar-refractivity contribution in [1.29, 1.82) is 0 Å². The molecule has 0 bridgehead atoms. The Kier molecular flexibility index (Phi) is 3.58. The fraction of sp³-hybridized carbons (Fsp3) is 0.200. The standard InChI is InChI=1S/C10H9N2O4P/c1-7-2-4-8(5-3-7)10-12-11-9(16-10)6-15-17(13)14/h2-5H,6H2,1H3/p+1. The summed E-state index contributed by atoms with van der Waals surface area (Å²) in [5.74, 6) is 0.523. The first-order chi connectivity index (χ1) is 8.15. The van der Waals surface area contributed by atoms with Gasteiger partial charge in [-0.15, -0.1) is 19.6 Å². The van der Waals surface area contributed by atoms with Crippen LogP contribution in [-0.2, 0) is 15.7 Å².